The number of aromatic nitrogens is 2. The summed E-state index contributed by atoms with van der Waals surface area (Å²) in [4.78, 5) is 22.5. The molecule has 1 aromatic carbocycles. The summed E-state index contributed by atoms with van der Waals surface area (Å²) in [6, 6.07) is 2.30. The van der Waals surface area contributed by atoms with Gasteiger partial charge in [0.2, 0.25) is 5.95 Å². The number of benzene rings is 1. The Balaban J connectivity index is 1.36. The van der Waals surface area contributed by atoms with Crippen LogP contribution >= 0.6 is 0 Å². The molecule has 0 aliphatic carbocycles. The zero-order valence-electron chi connectivity index (χ0n) is 16.1. The summed E-state index contributed by atoms with van der Waals surface area (Å²) in [7, 11) is 0. The minimum atomic E-state index is -4.34. The first-order chi connectivity index (χ1) is 14.2. The van der Waals surface area contributed by atoms with Crippen molar-refractivity contribution in [1.29, 1.82) is 0 Å². The number of nitrogens with two attached hydrogens (primary N) is 1. The Kier molecular flexibility index (Phi) is 6.58. The third-order valence-corrected chi connectivity index (χ3v) is 4.67. The van der Waals surface area contributed by atoms with Crippen molar-refractivity contribution in [1.82, 2.24) is 15.3 Å². The molecule has 5 N–H and O–H groups in total. The Morgan fingerprint density at radius 3 is 2.63 bits per heavy atom. The van der Waals surface area contributed by atoms with E-state index in [1.54, 1.807) is 0 Å². The molecular weight excluding hydrogens is 404 g/mol. The lowest BCUT2D eigenvalue weighted by atomic mass is 10.1. The minimum absolute atomic E-state index is 0.0192. The number of rotatable bonds is 9. The number of halogens is 4. The van der Waals surface area contributed by atoms with Crippen molar-refractivity contribution in [2.45, 2.75) is 38.3 Å². The number of amidine groups is 1. The number of unbranched alkanes of at least 4 members (excludes halogenated alkanes) is 3. The molecule has 0 radical (unpaired) electrons. The second-order valence-corrected chi connectivity index (χ2v) is 6.96. The summed E-state index contributed by atoms with van der Waals surface area (Å²) >= 11 is 0. The molecule has 2 heterocycles. The molecule has 162 valence electrons. The molecule has 0 fully saturated rings. The van der Waals surface area contributed by atoms with E-state index in [9.17, 15) is 22.4 Å². The third-order valence-electron chi connectivity index (χ3n) is 4.67. The maximum Gasteiger partial charge on any atom is 0.415 e. The van der Waals surface area contributed by atoms with E-state index in [2.05, 4.69) is 25.6 Å². The molecule has 0 unspecified atom stereocenters. The smallest absolute Gasteiger partial charge is 0.366 e. The predicted molar refractivity (Wildman–Crippen MR) is 106 cm³/mol. The summed E-state index contributed by atoms with van der Waals surface area (Å²) < 4.78 is 51.1. The highest BCUT2D eigenvalue weighted by Gasteiger charge is 2.34. The van der Waals surface area contributed by atoms with Crippen molar-refractivity contribution in [2.75, 3.05) is 18.4 Å². The second-order valence-electron chi connectivity index (χ2n) is 6.96. The number of nitrogens with zero attached hydrogens (tertiary/aromatic N) is 2. The van der Waals surface area contributed by atoms with Crippen LogP contribution in [0.2, 0.25) is 0 Å². The van der Waals surface area contributed by atoms with Crippen LogP contribution in [-0.2, 0) is 0 Å². The molecular formula is C19H22F4N6O. The van der Waals surface area contributed by atoms with Gasteiger partial charge in [0.25, 0.3) is 5.91 Å². The Labute approximate surface area is 169 Å². The molecule has 30 heavy (non-hydrogen) atoms. The van der Waals surface area contributed by atoms with Gasteiger partial charge in [-0.1, -0.05) is 12.8 Å². The number of H-pyrrole nitrogens is 1. The SMILES string of the molecule is NC(=O)c1cc(F)cc2[nH]c(NCCCCCCC3=NCC(C(F)(F)F)=CN3)nc12. The highest BCUT2D eigenvalue weighted by Crippen LogP contribution is 2.26. The lowest BCUT2D eigenvalue weighted by Gasteiger charge is -2.16. The van der Waals surface area contributed by atoms with E-state index in [0.29, 0.717) is 35.8 Å². The van der Waals surface area contributed by atoms with Gasteiger partial charge in [-0.15, -0.1) is 0 Å². The molecule has 7 nitrogen and oxygen atoms in total. The van der Waals surface area contributed by atoms with Gasteiger partial charge in [0, 0.05) is 19.2 Å². The Bertz CT molecular complexity index is 979. The fraction of sp³-hybridized carbons (Fsp3) is 0.421. The van der Waals surface area contributed by atoms with Crippen LogP contribution < -0.4 is 16.4 Å². The maximum absolute atomic E-state index is 13.6. The first-order valence-corrected chi connectivity index (χ1v) is 9.53. The van der Waals surface area contributed by atoms with Gasteiger partial charge in [-0.2, -0.15) is 13.2 Å². The highest BCUT2D eigenvalue weighted by atomic mass is 19.4. The molecule has 2 aromatic rings. The number of hydrogen-bond acceptors (Lipinski definition) is 5. The second kappa shape index (κ2) is 9.14. The first kappa shape index (κ1) is 21.6. The van der Waals surface area contributed by atoms with Crippen LogP contribution in [-0.4, -0.2) is 41.0 Å². The van der Waals surface area contributed by atoms with E-state index in [1.807, 2.05) is 0 Å². The lowest BCUT2D eigenvalue weighted by Crippen LogP contribution is -2.28. The molecule has 0 saturated heterocycles. The molecule has 1 aliphatic rings. The van der Waals surface area contributed by atoms with Crippen LogP contribution in [0.25, 0.3) is 11.0 Å². The summed E-state index contributed by atoms with van der Waals surface area (Å²) in [6.45, 7) is 0.277. The largest absolute Gasteiger partial charge is 0.415 e. The van der Waals surface area contributed by atoms with Gasteiger partial charge in [-0.3, -0.25) is 9.79 Å². The number of carbonyl (C=O) groups is 1. The van der Waals surface area contributed by atoms with Gasteiger partial charge >= 0.3 is 6.18 Å². The number of hydrogen-bond donors (Lipinski definition) is 4. The van der Waals surface area contributed by atoms with E-state index >= 15 is 0 Å². The van der Waals surface area contributed by atoms with Gasteiger partial charge in [-0.05, 0) is 25.0 Å². The van der Waals surface area contributed by atoms with Gasteiger partial charge in [0.15, 0.2) is 0 Å². The first-order valence-electron chi connectivity index (χ1n) is 9.53. The molecule has 0 spiro atoms. The Hall–Kier alpha value is -3.11. The highest BCUT2D eigenvalue weighted by molar-refractivity contribution is 6.04. The van der Waals surface area contributed by atoms with Crippen molar-refractivity contribution < 1.29 is 22.4 Å². The molecule has 1 aromatic heterocycles. The summed E-state index contributed by atoms with van der Waals surface area (Å²) in [5.74, 6) is -0.333. The normalized spacial score (nSPS) is 14.3. The van der Waals surface area contributed by atoms with Crippen LogP contribution in [0, 0.1) is 5.82 Å². The van der Waals surface area contributed by atoms with Crippen molar-refractivity contribution >= 4 is 28.7 Å². The number of anilines is 1. The summed E-state index contributed by atoms with van der Waals surface area (Å²) in [5, 5.41) is 5.70. The average Bonchev–Trinajstić information content (AvgIpc) is 3.08. The fourth-order valence-corrected chi connectivity index (χ4v) is 3.10. The summed E-state index contributed by atoms with van der Waals surface area (Å²) in [6.07, 6.45) is 0.694. The lowest BCUT2D eigenvalue weighted by molar-refractivity contribution is -0.0926. The van der Waals surface area contributed by atoms with Gasteiger partial charge in [0.05, 0.1) is 23.2 Å². The van der Waals surface area contributed by atoms with E-state index in [-0.39, 0.29) is 12.1 Å². The quantitative estimate of drug-likeness (QED) is 0.363. The minimum Gasteiger partial charge on any atom is -0.366 e. The van der Waals surface area contributed by atoms with Crippen molar-refractivity contribution in [2.24, 2.45) is 10.7 Å². The number of imidazole rings is 1. The number of alkyl halides is 3. The van der Waals surface area contributed by atoms with Crippen molar-refractivity contribution in [3.05, 3.63) is 35.3 Å². The number of aliphatic imine (C=N–C) groups is 1. The zero-order valence-corrected chi connectivity index (χ0v) is 16.1. The Morgan fingerprint density at radius 2 is 1.97 bits per heavy atom. The molecule has 0 bridgehead atoms. The standard InChI is InChI=1S/C19H22F4N6O/c20-12-7-13(17(24)30)16-14(8-12)28-18(29-16)25-6-4-2-1-3-5-15-26-9-11(10-27-15)19(21,22)23/h7-9H,1-6,10H2,(H2,24,30)(H,26,27)(H2,25,28,29). The van der Waals surface area contributed by atoms with Crippen molar-refractivity contribution in [3.8, 4) is 0 Å². The molecule has 0 saturated carbocycles. The topological polar surface area (TPSA) is 108 Å². The number of nitrogens with one attached hydrogen (secondary N) is 3. The van der Waals surface area contributed by atoms with Gasteiger partial charge < -0.3 is 21.4 Å². The van der Waals surface area contributed by atoms with Gasteiger partial charge in [-0.25, -0.2) is 9.37 Å². The van der Waals surface area contributed by atoms with E-state index in [4.69, 9.17) is 5.73 Å². The number of carbonyl (C=O) groups excluding carboxylic acids is 1. The average molecular weight is 426 g/mol. The zero-order chi connectivity index (χ0) is 21.7. The van der Waals surface area contributed by atoms with Gasteiger partial charge in [0.1, 0.15) is 17.2 Å². The maximum atomic E-state index is 13.6. The molecule has 11 heteroatoms. The van der Waals surface area contributed by atoms with Crippen LogP contribution in [0.5, 0.6) is 0 Å². The fourth-order valence-electron chi connectivity index (χ4n) is 3.10. The molecule has 0 atom stereocenters. The van der Waals surface area contributed by atoms with Crippen LogP contribution in [0.4, 0.5) is 23.5 Å². The number of primary amides is 1. The predicted octanol–water partition coefficient (Wildman–Crippen LogP) is 3.61. The van der Waals surface area contributed by atoms with Crippen molar-refractivity contribution in [3.63, 3.8) is 0 Å². The number of amides is 1. The summed E-state index contributed by atoms with van der Waals surface area (Å²) in [5.41, 5.74) is 5.31. The number of fused-ring (bicyclic) bond motifs is 1. The van der Waals surface area contributed by atoms with E-state index in [1.165, 1.54) is 6.07 Å². The molecule has 1 aliphatic heterocycles. The van der Waals surface area contributed by atoms with E-state index in [0.717, 1.165) is 37.9 Å². The monoisotopic (exact) mass is 426 g/mol. The van der Waals surface area contributed by atoms with E-state index < -0.39 is 23.5 Å². The molecule has 3 rings (SSSR count). The van der Waals surface area contributed by atoms with Crippen LogP contribution in [0.3, 0.4) is 0 Å². The van der Waals surface area contributed by atoms with Crippen LogP contribution in [0.15, 0.2) is 28.9 Å². The Morgan fingerprint density at radius 1 is 1.20 bits per heavy atom. The third kappa shape index (κ3) is 5.49. The van der Waals surface area contributed by atoms with Crippen LogP contribution in [0.1, 0.15) is 42.5 Å². The number of aromatic amines is 1. The molecule has 1 amide bonds.